The summed E-state index contributed by atoms with van der Waals surface area (Å²) in [4.78, 5) is 27.1. The van der Waals surface area contributed by atoms with Crippen LogP contribution in [0.15, 0.2) is 53.2 Å². The maximum Gasteiger partial charge on any atom is 0.363 e. The molecule has 1 aliphatic rings. The smallest absolute Gasteiger partial charge is 0.363 e. The van der Waals surface area contributed by atoms with Crippen LogP contribution in [-0.2, 0) is 9.53 Å². The molecule has 3 rings (SSSR count). The number of aromatic carboxylic acids is 1. The minimum Gasteiger partial charge on any atom is -0.478 e. The number of benzene rings is 2. The van der Waals surface area contributed by atoms with Gasteiger partial charge in [-0.2, -0.15) is 0 Å². The highest BCUT2D eigenvalue weighted by Crippen LogP contribution is 2.25. The first-order chi connectivity index (χ1) is 11.4. The van der Waals surface area contributed by atoms with Crippen LogP contribution >= 0.6 is 23.2 Å². The highest BCUT2D eigenvalue weighted by Gasteiger charge is 2.24. The van der Waals surface area contributed by atoms with Crippen LogP contribution < -0.4 is 0 Å². The Balaban J connectivity index is 1.95. The molecule has 2 aromatic rings. The number of rotatable bonds is 3. The molecule has 0 atom stereocenters. The third kappa shape index (κ3) is 3.32. The van der Waals surface area contributed by atoms with Crippen LogP contribution in [0.2, 0.25) is 10.0 Å². The highest BCUT2D eigenvalue weighted by atomic mass is 35.5. The van der Waals surface area contributed by atoms with Gasteiger partial charge in [0, 0.05) is 5.56 Å². The van der Waals surface area contributed by atoms with Crippen LogP contribution in [0.5, 0.6) is 0 Å². The second kappa shape index (κ2) is 6.47. The van der Waals surface area contributed by atoms with Gasteiger partial charge in [-0.3, -0.25) is 0 Å². The van der Waals surface area contributed by atoms with Crippen molar-refractivity contribution >= 4 is 47.1 Å². The lowest BCUT2D eigenvalue weighted by molar-refractivity contribution is -0.129. The van der Waals surface area contributed by atoms with E-state index in [1.807, 2.05) is 0 Å². The van der Waals surface area contributed by atoms with Gasteiger partial charge in [0.15, 0.2) is 5.70 Å². The van der Waals surface area contributed by atoms with E-state index in [4.69, 9.17) is 33.0 Å². The number of hydrogen-bond acceptors (Lipinski definition) is 4. The van der Waals surface area contributed by atoms with Crippen molar-refractivity contribution in [1.29, 1.82) is 0 Å². The van der Waals surface area contributed by atoms with Gasteiger partial charge < -0.3 is 9.84 Å². The van der Waals surface area contributed by atoms with Gasteiger partial charge >= 0.3 is 11.9 Å². The van der Waals surface area contributed by atoms with Crippen molar-refractivity contribution in [2.75, 3.05) is 0 Å². The number of halogens is 2. The molecule has 0 bridgehead atoms. The van der Waals surface area contributed by atoms with Crippen molar-refractivity contribution in [3.05, 3.63) is 74.9 Å². The molecular formula is C17H9Cl2NO4. The number of ether oxygens (including phenoxy) is 1. The molecule has 0 amide bonds. The predicted octanol–water partition coefficient (Wildman–Crippen LogP) is 4.04. The first kappa shape index (κ1) is 16.2. The summed E-state index contributed by atoms with van der Waals surface area (Å²) in [6, 6.07) is 10.9. The summed E-state index contributed by atoms with van der Waals surface area (Å²) >= 11 is 11.8. The zero-order valence-corrected chi connectivity index (χ0v) is 13.5. The molecule has 2 aromatic carbocycles. The Hall–Kier alpha value is -2.63. The van der Waals surface area contributed by atoms with Gasteiger partial charge in [-0.15, -0.1) is 0 Å². The Morgan fingerprint density at radius 2 is 1.92 bits per heavy atom. The number of hydrogen-bond donors (Lipinski definition) is 1. The van der Waals surface area contributed by atoms with Gasteiger partial charge in [0.25, 0.3) is 0 Å². The largest absolute Gasteiger partial charge is 0.478 e. The van der Waals surface area contributed by atoms with E-state index in [1.54, 1.807) is 30.3 Å². The van der Waals surface area contributed by atoms with Crippen molar-refractivity contribution in [3.63, 3.8) is 0 Å². The Morgan fingerprint density at radius 1 is 1.12 bits per heavy atom. The fraction of sp³-hybridized carbons (Fsp3) is 0. The zero-order chi connectivity index (χ0) is 17.3. The number of carboxylic acids is 1. The van der Waals surface area contributed by atoms with Crippen LogP contribution in [0.4, 0.5) is 0 Å². The topological polar surface area (TPSA) is 76.0 Å². The van der Waals surface area contributed by atoms with Gasteiger partial charge in [0.05, 0.1) is 15.6 Å². The van der Waals surface area contributed by atoms with Crippen molar-refractivity contribution in [2.24, 2.45) is 4.99 Å². The van der Waals surface area contributed by atoms with Gasteiger partial charge in [0.1, 0.15) is 0 Å². The lowest BCUT2D eigenvalue weighted by Gasteiger charge is -2.01. The average Bonchev–Trinajstić information content (AvgIpc) is 2.91. The van der Waals surface area contributed by atoms with Crippen LogP contribution in [0.25, 0.3) is 6.08 Å². The van der Waals surface area contributed by atoms with E-state index >= 15 is 0 Å². The molecule has 7 heteroatoms. The monoisotopic (exact) mass is 361 g/mol. The van der Waals surface area contributed by atoms with Crippen LogP contribution in [0.1, 0.15) is 21.5 Å². The van der Waals surface area contributed by atoms with Crippen molar-refractivity contribution in [2.45, 2.75) is 0 Å². The first-order valence-corrected chi connectivity index (χ1v) is 7.51. The minimum absolute atomic E-state index is 0.0682. The Morgan fingerprint density at radius 3 is 2.62 bits per heavy atom. The number of cyclic esters (lactones) is 1. The van der Waals surface area contributed by atoms with E-state index < -0.39 is 11.9 Å². The molecule has 1 aliphatic heterocycles. The first-order valence-electron chi connectivity index (χ1n) is 6.75. The fourth-order valence-corrected chi connectivity index (χ4v) is 2.38. The number of esters is 1. The van der Waals surface area contributed by atoms with Crippen molar-refractivity contribution in [1.82, 2.24) is 0 Å². The predicted molar refractivity (Wildman–Crippen MR) is 90.5 cm³/mol. The molecular weight excluding hydrogens is 353 g/mol. The molecule has 0 unspecified atom stereocenters. The lowest BCUT2D eigenvalue weighted by Crippen LogP contribution is -2.05. The average molecular weight is 362 g/mol. The third-order valence-corrected chi connectivity index (χ3v) is 3.96. The minimum atomic E-state index is -1.05. The molecule has 0 aromatic heterocycles. The fourth-order valence-electron chi connectivity index (χ4n) is 2.08. The zero-order valence-electron chi connectivity index (χ0n) is 12.0. The van der Waals surface area contributed by atoms with Crippen molar-refractivity contribution in [3.8, 4) is 0 Å². The second-order valence-corrected chi connectivity index (χ2v) is 5.71. The molecule has 120 valence electrons. The third-order valence-electron chi connectivity index (χ3n) is 3.22. The molecule has 0 fully saturated rings. The van der Waals surface area contributed by atoms with E-state index in [2.05, 4.69) is 4.99 Å². The number of carbonyl (C=O) groups excluding carboxylic acids is 1. The lowest BCUT2D eigenvalue weighted by atomic mass is 10.1. The summed E-state index contributed by atoms with van der Waals surface area (Å²) in [5, 5.41) is 9.70. The molecule has 24 heavy (non-hydrogen) atoms. The maximum atomic E-state index is 12.0. The summed E-state index contributed by atoms with van der Waals surface area (Å²) in [6.45, 7) is 0. The normalized spacial score (nSPS) is 15.3. The number of aliphatic imine (C=N–C) groups is 1. The van der Waals surface area contributed by atoms with Crippen LogP contribution in [0.3, 0.4) is 0 Å². The van der Waals surface area contributed by atoms with E-state index in [0.717, 1.165) is 0 Å². The standard InChI is InChI=1S/C17H9Cl2NO4/c18-12-5-4-10(8-13(12)19)15-20-14(17(23)24-15)7-9-2-1-3-11(6-9)16(21)22/h1-8H,(H,21,22). The van der Waals surface area contributed by atoms with E-state index in [9.17, 15) is 9.59 Å². The molecule has 0 radical (unpaired) electrons. The maximum absolute atomic E-state index is 12.0. The SMILES string of the molecule is O=C1OC(c2ccc(Cl)c(Cl)c2)=NC1=Cc1cccc(C(=O)O)c1. The number of nitrogens with zero attached hydrogens (tertiary/aromatic N) is 1. The summed E-state index contributed by atoms with van der Waals surface area (Å²) in [7, 11) is 0. The summed E-state index contributed by atoms with van der Waals surface area (Å²) in [6.07, 6.45) is 1.46. The van der Waals surface area contributed by atoms with E-state index in [-0.39, 0.29) is 17.2 Å². The number of carbonyl (C=O) groups is 2. The molecule has 1 heterocycles. The summed E-state index contributed by atoms with van der Waals surface area (Å²) in [5.74, 6) is -1.57. The van der Waals surface area contributed by atoms with Gasteiger partial charge in [-0.25, -0.2) is 14.6 Å². The quantitative estimate of drug-likeness (QED) is 0.661. The molecule has 0 saturated carbocycles. The van der Waals surface area contributed by atoms with Crippen LogP contribution in [0, 0.1) is 0 Å². The Kier molecular flexibility index (Phi) is 4.38. The molecule has 5 nitrogen and oxygen atoms in total. The number of carboxylic acid groups (broad SMARTS) is 1. The van der Waals surface area contributed by atoms with E-state index in [1.165, 1.54) is 18.2 Å². The summed E-state index contributed by atoms with van der Waals surface area (Å²) < 4.78 is 5.13. The molecule has 0 saturated heterocycles. The Bertz CT molecular complexity index is 919. The Labute approximate surface area is 146 Å². The van der Waals surface area contributed by atoms with E-state index in [0.29, 0.717) is 21.2 Å². The van der Waals surface area contributed by atoms with Crippen LogP contribution in [-0.4, -0.2) is 22.9 Å². The van der Waals surface area contributed by atoms with Gasteiger partial charge in [-0.1, -0.05) is 35.3 Å². The molecule has 1 N–H and O–H groups in total. The van der Waals surface area contributed by atoms with Gasteiger partial charge in [0.2, 0.25) is 5.90 Å². The molecule has 0 aliphatic carbocycles. The summed E-state index contributed by atoms with van der Waals surface area (Å²) in [5.41, 5.74) is 1.23. The van der Waals surface area contributed by atoms with Crippen molar-refractivity contribution < 1.29 is 19.4 Å². The second-order valence-electron chi connectivity index (χ2n) is 4.90. The highest BCUT2D eigenvalue weighted by molar-refractivity contribution is 6.42. The van der Waals surface area contributed by atoms with Gasteiger partial charge in [-0.05, 0) is 42.0 Å². The molecule has 0 spiro atoms.